The van der Waals surface area contributed by atoms with Crippen molar-refractivity contribution in [1.82, 2.24) is 19.5 Å². The van der Waals surface area contributed by atoms with Crippen LogP contribution in [0.3, 0.4) is 0 Å². The zero-order valence-corrected chi connectivity index (χ0v) is 17.4. The van der Waals surface area contributed by atoms with Crippen LogP contribution in [0, 0.1) is 6.92 Å². The van der Waals surface area contributed by atoms with Crippen molar-refractivity contribution < 1.29 is 8.42 Å². The largest absolute Gasteiger partial charge is 0.340 e. The Balaban J connectivity index is 1.50. The van der Waals surface area contributed by atoms with Crippen molar-refractivity contribution >= 4 is 38.8 Å². The molecule has 2 aromatic heterocycles. The fourth-order valence-electron chi connectivity index (χ4n) is 2.81. The van der Waals surface area contributed by atoms with Gasteiger partial charge in [-0.15, -0.1) is 0 Å². The first-order valence-corrected chi connectivity index (χ1v) is 10.7. The molecule has 152 valence electrons. The Kier molecular flexibility index (Phi) is 5.39. The molecule has 8 nitrogen and oxygen atoms in total. The molecule has 0 saturated heterocycles. The van der Waals surface area contributed by atoms with Crippen LogP contribution in [0.15, 0.2) is 78.5 Å². The van der Waals surface area contributed by atoms with Gasteiger partial charge in [-0.3, -0.25) is 9.29 Å². The van der Waals surface area contributed by atoms with E-state index in [0.717, 1.165) is 5.69 Å². The van der Waals surface area contributed by atoms with Crippen molar-refractivity contribution in [1.29, 1.82) is 0 Å². The maximum Gasteiger partial charge on any atom is 0.262 e. The molecule has 30 heavy (non-hydrogen) atoms. The van der Waals surface area contributed by atoms with Crippen LogP contribution in [0.2, 0.25) is 5.02 Å². The van der Waals surface area contributed by atoms with Gasteiger partial charge in [0.25, 0.3) is 10.0 Å². The van der Waals surface area contributed by atoms with Gasteiger partial charge in [0.05, 0.1) is 4.90 Å². The van der Waals surface area contributed by atoms with Gasteiger partial charge in [-0.05, 0) is 48.9 Å². The number of nitrogens with zero attached hydrogens (tertiary/aromatic N) is 4. The van der Waals surface area contributed by atoms with E-state index in [1.165, 1.54) is 12.4 Å². The Hall–Kier alpha value is -3.43. The van der Waals surface area contributed by atoms with Gasteiger partial charge in [0.15, 0.2) is 0 Å². The Bertz CT molecular complexity index is 1280. The van der Waals surface area contributed by atoms with E-state index in [0.29, 0.717) is 27.9 Å². The molecule has 4 rings (SSSR count). The average Bonchev–Trinajstić information content (AvgIpc) is 3.26. The molecule has 0 unspecified atom stereocenters. The van der Waals surface area contributed by atoms with Gasteiger partial charge < -0.3 is 5.32 Å². The Morgan fingerprint density at radius 1 is 1.03 bits per heavy atom. The standard InChI is InChI=1S/C20H17ClN6O2S/c1-14-17(21)3-2-4-18(14)30(28,29)26-16-7-5-15(6-8-16)25-19-11-20(24-12-23-19)27-10-9-22-13-27/h2-13,26H,1H3,(H,23,24,25). The molecule has 0 aliphatic heterocycles. The monoisotopic (exact) mass is 440 g/mol. The molecular weight excluding hydrogens is 424 g/mol. The normalized spacial score (nSPS) is 11.3. The summed E-state index contributed by atoms with van der Waals surface area (Å²) < 4.78 is 29.7. The molecule has 0 aliphatic rings. The lowest BCUT2D eigenvalue weighted by atomic mass is 10.2. The third-order valence-electron chi connectivity index (χ3n) is 4.34. The van der Waals surface area contributed by atoms with E-state index < -0.39 is 10.0 Å². The van der Waals surface area contributed by atoms with Crippen molar-refractivity contribution in [3.8, 4) is 5.82 Å². The van der Waals surface area contributed by atoms with Crippen molar-refractivity contribution in [2.45, 2.75) is 11.8 Å². The summed E-state index contributed by atoms with van der Waals surface area (Å²) in [7, 11) is -3.75. The third kappa shape index (κ3) is 4.27. The summed E-state index contributed by atoms with van der Waals surface area (Å²) in [6, 6.07) is 13.4. The van der Waals surface area contributed by atoms with Crippen molar-refractivity contribution in [2.24, 2.45) is 0 Å². The van der Waals surface area contributed by atoms with Gasteiger partial charge in [-0.2, -0.15) is 0 Å². The SMILES string of the molecule is Cc1c(Cl)cccc1S(=O)(=O)Nc1ccc(Nc2cc(-n3ccnc3)ncn2)cc1. The number of hydrogen-bond donors (Lipinski definition) is 2. The van der Waals surface area contributed by atoms with Gasteiger partial charge in [-0.1, -0.05) is 17.7 Å². The number of aromatic nitrogens is 4. The number of halogens is 1. The van der Waals surface area contributed by atoms with E-state index in [9.17, 15) is 8.42 Å². The maximum atomic E-state index is 12.7. The first-order chi connectivity index (χ1) is 14.4. The number of sulfonamides is 1. The van der Waals surface area contributed by atoms with E-state index in [-0.39, 0.29) is 4.90 Å². The molecule has 10 heteroatoms. The number of anilines is 3. The molecule has 0 amide bonds. The summed E-state index contributed by atoms with van der Waals surface area (Å²) >= 11 is 6.05. The average molecular weight is 441 g/mol. The van der Waals surface area contributed by atoms with Crippen LogP contribution in [0.5, 0.6) is 0 Å². The second kappa shape index (κ2) is 8.13. The highest BCUT2D eigenvalue weighted by molar-refractivity contribution is 7.92. The van der Waals surface area contributed by atoms with Gasteiger partial charge in [0, 0.05) is 34.9 Å². The minimum atomic E-state index is -3.75. The fourth-order valence-corrected chi connectivity index (χ4v) is 4.37. The predicted octanol–water partition coefficient (Wildman–Crippen LogP) is 4.17. The lowest BCUT2D eigenvalue weighted by molar-refractivity contribution is 0.600. The molecule has 0 aliphatic carbocycles. The number of rotatable bonds is 6. The van der Waals surface area contributed by atoms with Crippen molar-refractivity contribution in [2.75, 3.05) is 10.0 Å². The van der Waals surface area contributed by atoms with Gasteiger partial charge in [0.1, 0.15) is 24.3 Å². The molecule has 0 fully saturated rings. The van der Waals surface area contributed by atoms with E-state index in [1.54, 1.807) is 72.7 Å². The summed E-state index contributed by atoms with van der Waals surface area (Å²) in [5.74, 6) is 1.27. The second-order valence-corrected chi connectivity index (χ2v) is 8.46. The van der Waals surface area contributed by atoms with Crippen LogP contribution in [0.25, 0.3) is 5.82 Å². The predicted molar refractivity (Wildman–Crippen MR) is 116 cm³/mol. The molecule has 0 spiro atoms. The van der Waals surface area contributed by atoms with Crippen molar-refractivity contribution in [3.63, 3.8) is 0 Å². The quantitative estimate of drug-likeness (QED) is 0.466. The molecular formula is C20H17ClN6O2S. The van der Waals surface area contributed by atoms with E-state index in [1.807, 2.05) is 0 Å². The van der Waals surface area contributed by atoms with E-state index in [4.69, 9.17) is 11.6 Å². The molecule has 2 heterocycles. The first kappa shape index (κ1) is 19.9. The maximum absolute atomic E-state index is 12.7. The minimum absolute atomic E-state index is 0.144. The summed E-state index contributed by atoms with van der Waals surface area (Å²) in [5.41, 5.74) is 1.68. The number of benzene rings is 2. The fraction of sp³-hybridized carbons (Fsp3) is 0.0500. The summed E-state index contributed by atoms with van der Waals surface area (Å²) in [4.78, 5) is 12.6. The number of imidazole rings is 1. The van der Waals surface area contributed by atoms with Crippen LogP contribution >= 0.6 is 11.6 Å². The topological polar surface area (TPSA) is 102 Å². The lowest BCUT2D eigenvalue weighted by Crippen LogP contribution is -2.14. The molecule has 0 radical (unpaired) electrons. The molecule has 0 bridgehead atoms. The molecule has 4 aromatic rings. The molecule has 2 aromatic carbocycles. The lowest BCUT2D eigenvalue weighted by Gasteiger charge is -2.12. The van der Waals surface area contributed by atoms with E-state index in [2.05, 4.69) is 25.0 Å². The third-order valence-corrected chi connectivity index (χ3v) is 6.27. The molecule has 2 N–H and O–H groups in total. The minimum Gasteiger partial charge on any atom is -0.340 e. The van der Waals surface area contributed by atoms with Crippen LogP contribution in [0.1, 0.15) is 5.56 Å². The Labute approximate surface area is 178 Å². The van der Waals surface area contributed by atoms with Crippen molar-refractivity contribution in [3.05, 3.63) is 84.2 Å². The second-order valence-electron chi connectivity index (χ2n) is 6.40. The first-order valence-electron chi connectivity index (χ1n) is 8.88. The van der Waals surface area contributed by atoms with Crippen LogP contribution in [0.4, 0.5) is 17.2 Å². The summed E-state index contributed by atoms with van der Waals surface area (Å²) in [6.45, 7) is 1.67. The Morgan fingerprint density at radius 2 is 1.80 bits per heavy atom. The smallest absolute Gasteiger partial charge is 0.262 e. The zero-order valence-electron chi connectivity index (χ0n) is 15.8. The zero-order chi connectivity index (χ0) is 21.1. The van der Waals surface area contributed by atoms with Crippen LogP contribution in [-0.2, 0) is 10.0 Å². The highest BCUT2D eigenvalue weighted by Crippen LogP contribution is 2.25. The molecule has 0 saturated carbocycles. The van der Waals surface area contributed by atoms with Gasteiger partial charge in [0.2, 0.25) is 0 Å². The number of hydrogen-bond acceptors (Lipinski definition) is 6. The van der Waals surface area contributed by atoms with Gasteiger partial charge >= 0.3 is 0 Å². The van der Waals surface area contributed by atoms with E-state index >= 15 is 0 Å². The Morgan fingerprint density at radius 3 is 2.53 bits per heavy atom. The summed E-state index contributed by atoms with van der Waals surface area (Å²) in [5, 5.41) is 3.57. The van der Waals surface area contributed by atoms with Crippen LogP contribution < -0.4 is 10.0 Å². The molecule has 0 atom stereocenters. The highest BCUT2D eigenvalue weighted by Gasteiger charge is 2.18. The number of nitrogens with one attached hydrogen (secondary N) is 2. The summed E-state index contributed by atoms with van der Waals surface area (Å²) in [6.07, 6.45) is 6.55. The van der Waals surface area contributed by atoms with Gasteiger partial charge in [-0.25, -0.2) is 23.4 Å². The van der Waals surface area contributed by atoms with Crippen LogP contribution in [-0.4, -0.2) is 27.9 Å². The highest BCUT2D eigenvalue weighted by atomic mass is 35.5.